The number of halogens is 4. The van der Waals surface area contributed by atoms with Crippen LogP contribution in [0.2, 0.25) is 5.02 Å². The molecule has 0 aliphatic rings. The van der Waals surface area contributed by atoms with Gasteiger partial charge in [-0.3, -0.25) is 0 Å². The van der Waals surface area contributed by atoms with Gasteiger partial charge in [0, 0.05) is 12.6 Å². The van der Waals surface area contributed by atoms with Crippen LogP contribution in [0.15, 0.2) is 78.9 Å². The maximum absolute atomic E-state index is 13.3. The molecule has 0 saturated carbocycles. The molecule has 0 aromatic heterocycles. The van der Waals surface area contributed by atoms with E-state index in [0.717, 1.165) is 28.5 Å². The third-order valence-corrected chi connectivity index (χ3v) is 6.20. The molecule has 0 amide bonds. The standard InChI is InChI=1S/C28H23ClF3NO3/c1-17(23-8-4-6-18-5-2-3-7-24(18)23)33-11-12-36-22-14-20(13-21(15-22)27(34)35)19-9-10-26(29)25(16-19)28(30,31)32/h2-10,13-17,33H,11-12H2,1H3,(H,34,35)/t17-/m1/s1. The average molecular weight is 514 g/mol. The molecule has 0 radical (unpaired) electrons. The molecule has 186 valence electrons. The van der Waals surface area contributed by atoms with Crippen molar-refractivity contribution < 1.29 is 27.8 Å². The molecule has 36 heavy (non-hydrogen) atoms. The zero-order valence-electron chi connectivity index (χ0n) is 19.3. The van der Waals surface area contributed by atoms with Gasteiger partial charge in [0.05, 0.1) is 16.1 Å². The predicted molar refractivity (Wildman–Crippen MR) is 135 cm³/mol. The van der Waals surface area contributed by atoms with Crippen LogP contribution < -0.4 is 10.1 Å². The lowest BCUT2D eigenvalue weighted by atomic mass is 10.00. The van der Waals surface area contributed by atoms with Crippen LogP contribution in [0.5, 0.6) is 5.75 Å². The molecule has 0 heterocycles. The van der Waals surface area contributed by atoms with E-state index < -0.39 is 22.7 Å². The quantitative estimate of drug-likeness (QED) is 0.238. The van der Waals surface area contributed by atoms with Crippen molar-refractivity contribution in [2.45, 2.75) is 19.1 Å². The second-order valence-electron chi connectivity index (χ2n) is 8.34. The van der Waals surface area contributed by atoms with E-state index in [4.69, 9.17) is 16.3 Å². The maximum atomic E-state index is 13.3. The number of hydrogen-bond donors (Lipinski definition) is 2. The molecule has 2 N–H and O–H groups in total. The predicted octanol–water partition coefficient (Wildman–Crippen LogP) is 7.61. The van der Waals surface area contributed by atoms with Gasteiger partial charge >= 0.3 is 12.1 Å². The summed E-state index contributed by atoms with van der Waals surface area (Å²) in [6.07, 6.45) is -4.64. The molecule has 0 saturated heterocycles. The molecule has 4 aromatic rings. The Morgan fingerprint density at radius 3 is 2.50 bits per heavy atom. The van der Waals surface area contributed by atoms with Gasteiger partial charge in [-0.15, -0.1) is 0 Å². The highest BCUT2D eigenvalue weighted by Gasteiger charge is 2.33. The Morgan fingerprint density at radius 2 is 1.75 bits per heavy atom. The summed E-state index contributed by atoms with van der Waals surface area (Å²) in [5, 5.41) is 14.8. The smallest absolute Gasteiger partial charge is 0.417 e. The van der Waals surface area contributed by atoms with Gasteiger partial charge in [0.15, 0.2) is 0 Å². The average Bonchev–Trinajstić information content (AvgIpc) is 2.85. The number of aromatic carboxylic acids is 1. The Labute approximate surface area is 211 Å². The van der Waals surface area contributed by atoms with Crippen LogP contribution in [0.25, 0.3) is 21.9 Å². The Bertz CT molecular complexity index is 1400. The molecule has 8 heteroatoms. The molecule has 4 rings (SSSR count). The van der Waals surface area contributed by atoms with Crippen LogP contribution in [-0.2, 0) is 6.18 Å². The lowest BCUT2D eigenvalue weighted by molar-refractivity contribution is -0.137. The summed E-state index contributed by atoms with van der Waals surface area (Å²) in [4.78, 5) is 11.6. The van der Waals surface area contributed by atoms with E-state index in [1.807, 2.05) is 25.1 Å². The van der Waals surface area contributed by atoms with Gasteiger partial charge in [0.2, 0.25) is 0 Å². The number of alkyl halides is 3. The van der Waals surface area contributed by atoms with Gasteiger partial charge in [-0.1, -0.05) is 60.1 Å². The van der Waals surface area contributed by atoms with Crippen LogP contribution in [0.4, 0.5) is 13.2 Å². The minimum atomic E-state index is -4.64. The number of fused-ring (bicyclic) bond motifs is 1. The first-order valence-electron chi connectivity index (χ1n) is 11.2. The highest BCUT2D eigenvalue weighted by atomic mass is 35.5. The monoisotopic (exact) mass is 513 g/mol. The first kappa shape index (κ1) is 25.5. The fourth-order valence-corrected chi connectivity index (χ4v) is 4.30. The number of rotatable bonds is 8. The topological polar surface area (TPSA) is 58.6 Å². The molecule has 0 spiro atoms. The van der Waals surface area contributed by atoms with Crippen LogP contribution in [-0.4, -0.2) is 24.2 Å². The second-order valence-corrected chi connectivity index (χ2v) is 8.74. The summed E-state index contributed by atoms with van der Waals surface area (Å²) in [6.45, 7) is 2.74. The van der Waals surface area contributed by atoms with E-state index in [1.165, 1.54) is 24.3 Å². The van der Waals surface area contributed by atoms with Gasteiger partial charge in [-0.2, -0.15) is 13.2 Å². The molecular formula is C28H23ClF3NO3. The minimum absolute atomic E-state index is 0.0375. The number of carboxylic acids is 1. The minimum Gasteiger partial charge on any atom is -0.492 e. The van der Waals surface area contributed by atoms with Crippen LogP contribution in [0.3, 0.4) is 0 Å². The van der Waals surface area contributed by atoms with Gasteiger partial charge in [-0.05, 0) is 64.7 Å². The number of carbonyl (C=O) groups is 1. The van der Waals surface area contributed by atoms with Crippen molar-refractivity contribution in [2.75, 3.05) is 13.2 Å². The molecule has 0 bridgehead atoms. The number of ether oxygens (including phenoxy) is 1. The number of carboxylic acid groups (broad SMARTS) is 1. The van der Waals surface area contributed by atoms with E-state index >= 15 is 0 Å². The van der Waals surface area contributed by atoms with E-state index in [0.29, 0.717) is 6.54 Å². The fraction of sp³-hybridized carbons (Fsp3) is 0.179. The SMILES string of the molecule is C[C@@H](NCCOc1cc(C(=O)O)cc(-c2ccc(Cl)c(C(F)(F)F)c2)c1)c1cccc2ccccc12. The van der Waals surface area contributed by atoms with Crippen molar-refractivity contribution in [3.8, 4) is 16.9 Å². The number of hydrogen-bond acceptors (Lipinski definition) is 3. The number of nitrogens with one attached hydrogen (secondary N) is 1. The normalized spacial score (nSPS) is 12.5. The van der Waals surface area contributed by atoms with Gasteiger partial charge < -0.3 is 15.2 Å². The van der Waals surface area contributed by atoms with Gasteiger partial charge in [0.25, 0.3) is 0 Å². The lowest BCUT2D eigenvalue weighted by Gasteiger charge is -2.17. The highest BCUT2D eigenvalue weighted by molar-refractivity contribution is 6.31. The lowest BCUT2D eigenvalue weighted by Crippen LogP contribution is -2.24. The molecular weight excluding hydrogens is 491 g/mol. The van der Waals surface area contributed by atoms with E-state index in [1.54, 1.807) is 0 Å². The zero-order chi connectivity index (χ0) is 25.9. The molecule has 1 atom stereocenters. The van der Waals surface area contributed by atoms with E-state index in [9.17, 15) is 23.1 Å². The fourth-order valence-electron chi connectivity index (χ4n) is 4.08. The molecule has 4 aromatic carbocycles. The highest BCUT2D eigenvalue weighted by Crippen LogP contribution is 2.38. The van der Waals surface area contributed by atoms with Crippen molar-refractivity contribution in [1.29, 1.82) is 0 Å². The molecule has 0 aliphatic carbocycles. The first-order valence-corrected chi connectivity index (χ1v) is 11.6. The third-order valence-electron chi connectivity index (χ3n) is 5.87. The Hall–Kier alpha value is -3.55. The van der Waals surface area contributed by atoms with Crippen molar-refractivity contribution in [3.63, 3.8) is 0 Å². The molecule has 4 nitrogen and oxygen atoms in total. The third kappa shape index (κ3) is 5.80. The summed E-state index contributed by atoms with van der Waals surface area (Å²) in [5.74, 6) is -0.970. The summed E-state index contributed by atoms with van der Waals surface area (Å²) in [6, 6.07) is 21.9. The zero-order valence-corrected chi connectivity index (χ0v) is 20.0. The van der Waals surface area contributed by atoms with E-state index in [-0.39, 0.29) is 35.1 Å². The summed E-state index contributed by atoms with van der Waals surface area (Å²) in [7, 11) is 0. The van der Waals surface area contributed by atoms with Crippen LogP contribution in [0.1, 0.15) is 34.5 Å². The van der Waals surface area contributed by atoms with Crippen molar-refractivity contribution in [1.82, 2.24) is 5.32 Å². The van der Waals surface area contributed by atoms with Crippen molar-refractivity contribution in [2.24, 2.45) is 0 Å². The second kappa shape index (κ2) is 10.6. The van der Waals surface area contributed by atoms with Gasteiger partial charge in [-0.25, -0.2) is 4.79 Å². The van der Waals surface area contributed by atoms with Crippen molar-refractivity contribution in [3.05, 3.63) is 101 Å². The summed E-state index contributed by atoms with van der Waals surface area (Å²) >= 11 is 5.72. The summed E-state index contributed by atoms with van der Waals surface area (Å²) in [5.41, 5.74) is 0.526. The van der Waals surface area contributed by atoms with E-state index in [2.05, 4.69) is 29.6 Å². The Balaban J connectivity index is 1.49. The number of benzene rings is 4. The molecule has 0 aliphatic heterocycles. The van der Waals surface area contributed by atoms with Crippen molar-refractivity contribution >= 4 is 28.3 Å². The largest absolute Gasteiger partial charge is 0.492 e. The Morgan fingerprint density at radius 1 is 1.00 bits per heavy atom. The van der Waals surface area contributed by atoms with Crippen LogP contribution >= 0.6 is 11.6 Å². The maximum Gasteiger partial charge on any atom is 0.417 e. The van der Waals surface area contributed by atoms with Crippen LogP contribution in [0, 0.1) is 0 Å². The molecule has 0 fully saturated rings. The summed E-state index contributed by atoms with van der Waals surface area (Å²) < 4.78 is 45.7. The Kier molecular flexibility index (Phi) is 7.52. The first-order chi connectivity index (χ1) is 17.1. The molecule has 0 unspecified atom stereocenters. The van der Waals surface area contributed by atoms with Gasteiger partial charge in [0.1, 0.15) is 12.4 Å².